The summed E-state index contributed by atoms with van der Waals surface area (Å²) in [4.78, 5) is 27.4. The van der Waals surface area contributed by atoms with Crippen molar-refractivity contribution in [1.82, 2.24) is 10.2 Å². The minimum atomic E-state index is -4.16. The Labute approximate surface area is 215 Å². The van der Waals surface area contributed by atoms with E-state index in [1.165, 1.54) is 54.4 Å². The van der Waals surface area contributed by atoms with Crippen LogP contribution in [-0.4, -0.2) is 44.8 Å². The Balaban J connectivity index is 2.05. The molecule has 190 valence electrons. The highest BCUT2D eigenvalue weighted by molar-refractivity contribution is 7.92. The molecule has 10 heteroatoms. The molecule has 0 aliphatic carbocycles. The molecule has 0 fully saturated rings. The Bertz CT molecular complexity index is 1340. The van der Waals surface area contributed by atoms with Crippen molar-refractivity contribution < 1.29 is 22.4 Å². The van der Waals surface area contributed by atoms with E-state index < -0.39 is 40.2 Å². The van der Waals surface area contributed by atoms with Crippen LogP contribution in [0.5, 0.6) is 0 Å². The number of nitrogens with zero attached hydrogens (tertiary/aromatic N) is 2. The van der Waals surface area contributed by atoms with Gasteiger partial charge < -0.3 is 10.2 Å². The van der Waals surface area contributed by atoms with Gasteiger partial charge in [0, 0.05) is 18.6 Å². The zero-order valence-electron chi connectivity index (χ0n) is 20.1. The van der Waals surface area contributed by atoms with Crippen LogP contribution in [0.3, 0.4) is 0 Å². The van der Waals surface area contributed by atoms with Crippen LogP contribution in [0.15, 0.2) is 77.7 Å². The van der Waals surface area contributed by atoms with Crippen LogP contribution in [0.2, 0.25) is 5.02 Å². The van der Waals surface area contributed by atoms with Crippen molar-refractivity contribution in [2.24, 2.45) is 0 Å². The normalized spacial score (nSPS) is 12.0. The first kappa shape index (κ1) is 27.2. The van der Waals surface area contributed by atoms with Gasteiger partial charge in [-0.05, 0) is 67.4 Å². The summed E-state index contributed by atoms with van der Waals surface area (Å²) in [5.41, 5.74) is 1.42. The quantitative estimate of drug-likeness (QED) is 0.449. The third-order valence-corrected chi connectivity index (χ3v) is 7.73. The molecule has 0 unspecified atom stereocenters. The van der Waals surface area contributed by atoms with Crippen molar-refractivity contribution in [2.45, 2.75) is 31.3 Å². The Hall–Kier alpha value is -3.43. The largest absolute Gasteiger partial charge is 0.357 e. The number of carbonyl (C=O) groups is 2. The number of amides is 2. The summed E-state index contributed by atoms with van der Waals surface area (Å²) in [6, 6.07) is 17.1. The summed E-state index contributed by atoms with van der Waals surface area (Å²) < 4.78 is 41.8. The predicted molar refractivity (Wildman–Crippen MR) is 138 cm³/mol. The van der Waals surface area contributed by atoms with Crippen LogP contribution >= 0.6 is 11.6 Å². The molecule has 0 aliphatic rings. The van der Waals surface area contributed by atoms with Gasteiger partial charge in [0.15, 0.2) is 0 Å². The second kappa shape index (κ2) is 11.5. The molecule has 3 aromatic carbocycles. The summed E-state index contributed by atoms with van der Waals surface area (Å²) in [6.07, 6.45) is 0. The first-order valence-electron chi connectivity index (χ1n) is 11.1. The maximum atomic E-state index is 13.7. The number of hydrogen-bond donors (Lipinski definition) is 1. The molecule has 0 bridgehead atoms. The monoisotopic (exact) mass is 531 g/mol. The molecule has 0 saturated carbocycles. The summed E-state index contributed by atoms with van der Waals surface area (Å²) >= 11 is 6.09. The number of benzene rings is 3. The summed E-state index contributed by atoms with van der Waals surface area (Å²) in [6.45, 7) is 2.65. The van der Waals surface area contributed by atoms with Gasteiger partial charge in [-0.25, -0.2) is 12.8 Å². The molecule has 0 radical (unpaired) electrons. The molecule has 3 aromatic rings. The van der Waals surface area contributed by atoms with E-state index in [9.17, 15) is 22.4 Å². The molecule has 36 heavy (non-hydrogen) atoms. The molecule has 0 aromatic heterocycles. The van der Waals surface area contributed by atoms with Crippen molar-refractivity contribution in [3.8, 4) is 0 Å². The lowest BCUT2D eigenvalue weighted by Crippen LogP contribution is -2.50. The lowest BCUT2D eigenvalue weighted by atomic mass is 10.1. The van der Waals surface area contributed by atoms with E-state index in [0.717, 1.165) is 4.31 Å². The number of sulfonamides is 1. The maximum Gasteiger partial charge on any atom is 0.264 e. The molecule has 2 amide bonds. The molecular weight excluding hydrogens is 505 g/mol. The van der Waals surface area contributed by atoms with Crippen LogP contribution in [0.25, 0.3) is 0 Å². The molecule has 0 saturated heterocycles. The molecule has 1 N–H and O–H groups in total. The lowest BCUT2D eigenvalue weighted by Gasteiger charge is -2.32. The van der Waals surface area contributed by atoms with Gasteiger partial charge in [-0.2, -0.15) is 0 Å². The van der Waals surface area contributed by atoms with Gasteiger partial charge in [0.25, 0.3) is 10.0 Å². The first-order chi connectivity index (χ1) is 17.0. The highest BCUT2D eigenvalue weighted by atomic mass is 35.5. The van der Waals surface area contributed by atoms with E-state index >= 15 is 0 Å². The summed E-state index contributed by atoms with van der Waals surface area (Å²) in [7, 11) is -2.71. The minimum absolute atomic E-state index is 0.0107. The molecular formula is C26H27ClFN3O4S. The van der Waals surface area contributed by atoms with Crippen LogP contribution in [-0.2, 0) is 26.2 Å². The van der Waals surface area contributed by atoms with Crippen LogP contribution in [0.1, 0.15) is 18.1 Å². The van der Waals surface area contributed by atoms with Gasteiger partial charge in [-0.15, -0.1) is 0 Å². The molecule has 0 aliphatic heterocycles. The maximum absolute atomic E-state index is 13.7. The van der Waals surface area contributed by atoms with Crippen molar-refractivity contribution in [3.63, 3.8) is 0 Å². The van der Waals surface area contributed by atoms with E-state index in [2.05, 4.69) is 5.32 Å². The smallest absolute Gasteiger partial charge is 0.264 e. The number of likely N-dealkylation sites (N-methyl/N-ethyl adjacent to an activating group) is 1. The van der Waals surface area contributed by atoms with Crippen molar-refractivity contribution in [2.75, 3.05) is 17.9 Å². The van der Waals surface area contributed by atoms with Gasteiger partial charge in [-0.3, -0.25) is 13.9 Å². The molecule has 0 heterocycles. The number of nitrogens with one attached hydrogen (secondary N) is 1. The average Bonchev–Trinajstić information content (AvgIpc) is 2.86. The standard InChI is InChI=1S/C26H27ClFN3O4S/c1-18-15-21(27)11-14-24(18)31(36(34,35)23-7-5-4-6-8-23)17-25(32)30(19(2)26(33)29-3)16-20-9-12-22(28)13-10-20/h4-15,19H,16-17H2,1-3H3,(H,29,33)/t19-/m1/s1. The van der Waals surface area contributed by atoms with E-state index in [-0.39, 0.29) is 17.1 Å². The van der Waals surface area contributed by atoms with Crippen LogP contribution in [0.4, 0.5) is 10.1 Å². The highest BCUT2D eigenvalue weighted by Gasteiger charge is 2.32. The summed E-state index contributed by atoms with van der Waals surface area (Å²) in [5, 5.41) is 2.93. The Morgan fingerprint density at radius 3 is 2.25 bits per heavy atom. The number of rotatable bonds is 9. The van der Waals surface area contributed by atoms with E-state index in [4.69, 9.17) is 11.6 Å². The Morgan fingerprint density at radius 2 is 1.67 bits per heavy atom. The fourth-order valence-electron chi connectivity index (χ4n) is 3.71. The van der Waals surface area contributed by atoms with E-state index in [1.807, 2.05) is 0 Å². The number of carbonyl (C=O) groups excluding carboxylic acids is 2. The van der Waals surface area contributed by atoms with E-state index in [1.54, 1.807) is 44.2 Å². The van der Waals surface area contributed by atoms with Crippen molar-refractivity contribution in [3.05, 3.63) is 94.8 Å². The third-order valence-electron chi connectivity index (χ3n) is 5.72. The second-order valence-electron chi connectivity index (χ2n) is 8.19. The minimum Gasteiger partial charge on any atom is -0.357 e. The average molecular weight is 532 g/mol. The zero-order chi connectivity index (χ0) is 26.5. The highest BCUT2D eigenvalue weighted by Crippen LogP contribution is 2.29. The lowest BCUT2D eigenvalue weighted by molar-refractivity contribution is -0.139. The zero-order valence-corrected chi connectivity index (χ0v) is 21.7. The number of halogens is 2. The van der Waals surface area contributed by atoms with Crippen molar-refractivity contribution in [1.29, 1.82) is 0 Å². The van der Waals surface area contributed by atoms with Crippen LogP contribution in [0, 0.1) is 12.7 Å². The topological polar surface area (TPSA) is 86.8 Å². The van der Waals surface area contributed by atoms with Gasteiger partial charge in [0.2, 0.25) is 11.8 Å². The van der Waals surface area contributed by atoms with Gasteiger partial charge in [-0.1, -0.05) is 41.9 Å². The number of hydrogen-bond acceptors (Lipinski definition) is 4. The fraction of sp³-hybridized carbons (Fsp3) is 0.231. The molecule has 7 nitrogen and oxygen atoms in total. The molecule has 3 rings (SSSR count). The van der Waals surface area contributed by atoms with E-state index in [0.29, 0.717) is 16.1 Å². The molecule has 0 spiro atoms. The Morgan fingerprint density at radius 1 is 1.03 bits per heavy atom. The SMILES string of the molecule is CNC(=O)[C@@H](C)N(Cc1ccc(F)cc1)C(=O)CN(c1ccc(Cl)cc1C)S(=O)(=O)c1ccccc1. The van der Waals surface area contributed by atoms with Gasteiger partial charge in [0.1, 0.15) is 18.4 Å². The van der Waals surface area contributed by atoms with Crippen molar-refractivity contribution >= 4 is 39.1 Å². The second-order valence-corrected chi connectivity index (χ2v) is 10.5. The van der Waals surface area contributed by atoms with Gasteiger partial charge in [0.05, 0.1) is 10.6 Å². The number of anilines is 1. The predicted octanol–water partition coefficient (Wildman–Crippen LogP) is 4.15. The number of aryl methyl sites for hydroxylation is 1. The van der Waals surface area contributed by atoms with Crippen LogP contribution < -0.4 is 9.62 Å². The molecule has 1 atom stereocenters. The third kappa shape index (κ3) is 6.22. The first-order valence-corrected chi connectivity index (χ1v) is 13.0. The van der Waals surface area contributed by atoms with Gasteiger partial charge >= 0.3 is 0 Å². The Kier molecular flexibility index (Phi) is 8.70. The summed E-state index contributed by atoms with van der Waals surface area (Å²) in [5.74, 6) is -1.47. The fourth-order valence-corrected chi connectivity index (χ4v) is 5.44.